The first-order chi connectivity index (χ1) is 14.4. The van der Waals surface area contributed by atoms with E-state index in [9.17, 15) is 13.6 Å². The Kier molecular flexibility index (Phi) is 6.95. The Labute approximate surface area is 174 Å². The second kappa shape index (κ2) is 9.82. The third-order valence-corrected chi connectivity index (χ3v) is 4.62. The van der Waals surface area contributed by atoms with E-state index in [0.717, 1.165) is 31.0 Å². The van der Waals surface area contributed by atoms with Gasteiger partial charge >= 0.3 is 0 Å². The van der Waals surface area contributed by atoms with Gasteiger partial charge in [0, 0.05) is 30.6 Å². The van der Waals surface area contributed by atoms with E-state index in [0.29, 0.717) is 17.1 Å². The molecule has 0 bridgehead atoms. The fraction of sp³-hybridized carbons (Fsp3) is 0.217. The average Bonchev–Trinajstić information content (AvgIpc) is 2.71. The minimum atomic E-state index is -0.665. The summed E-state index contributed by atoms with van der Waals surface area (Å²) in [5, 5.41) is 6.20. The summed E-state index contributed by atoms with van der Waals surface area (Å²) in [7, 11) is 0. The van der Waals surface area contributed by atoms with Crippen LogP contribution in [0, 0.1) is 11.6 Å². The van der Waals surface area contributed by atoms with Gasteiger partial charge in [-0.1, -0.05) is 25.5 Å². The van der Waals surface area contributed by atoms with Gasteiger partial charge in [0.1, 0.15) is 17.5 Å². The summed E-state index contributed by atoms with van der Waals surface area (Å²) in [6.45, 7) is 2.28. The van der Waals surface area contributed by atoms with Crippen LogP contribution in [0.1, 0.15) is 41.3 Å². The number of aryl methyl sites for hydroxylation is 1. The lowest BCUT2D eigenvalue weighted by molar-refractivity contribution is 0.100. The molecule has 5 nitrogen and oxygen atoms in total. The lowest BCUT2D eigenvalue weighted by Crippen LogP contribution is -2.15. The van der Waals surface area contributed by atoms with Gasteiger partial charge in [0.25, 0.3) is 5.91 Å². The minimum absolute atomic E-state index is 0.116. The molecule has 0 saturated heterocycles. The Morgan fingerprint density at radius 3 is 2.37 bits per heavy atom. The molecule has 1 amide bonds. The molecular weight excluding hydrogens is 386 g/mol. The maximum atomic E-state index is 13.4. The molecule has 0 unspecified atom stereocenters. The van der Waals surface area contributed by atoms with Gasteiger partial charge in [-0.25, -0.2) is 13.8 Å². The molecule has 7 heteroatoms. The number of hydrogen-bond donors (Lipinski definition) is 3. The van der Waals surface area contributed by atoms with Crippen molar-refractivity contribution in [3.63, 3.8) is 0 Å². The number of halogens is 2. The van der Waals surface area contributed by atoms with Gasteiger partial charge in [0.15, 0.2) is 0 Å². The standard InChI is InChI=1S/C23H24F2N4O/c1-2-3-4-15-5-7-19(8-6-15)29-22-12-21(20(14-28-22)23(26)30)27-13-16-9-17(24)11-18(25)10-16/h5-12,14H,2-4,13H2,1H3,(H2,26,30)(H2,27,28,29). The summed E-state index contributed by atoms with van der Waals surface area (Å²) in [5.74, 6) is -1.47. The van der Waals surface area contributed by atoms with Gasteiger partial charge in [0.2, 0.25) is 0 Å². The molecule has 30 heavy (non-hydrogen) atoms. The first-order valence-electron chi connectivity index (χ1n) is 9.79. The predicted octanol–water partition coefficient (Wildman–Crippen LogP) is 5.16. The normalized spacial score (nSPS) is 10.6. The van der Waals surface area contributed by atoms with Gasteiger partial charge in [-0.2, -0.15) is 0 Å². The molecular formula is C23H24F2N4O. The van der Waals surface area contributed by atoms with Gasteiger partial charge in [-0.15, -0.1) is 0 Å². The number of pyridine rings is 1. The van der Waals surface area contributed by atoms with Crippen LogP contribution in [-0.2, 0) is 13.0 Å². The number of nitrogens with one attached hydrogen (secondary N) is 2. The van der Waals surface area contributed by atoms with Crippen molar-refractivity contribution >= 4 is 23.1 Å². The van der Waals surface area contributed by atoms with Crippen LogP contribution in [0.4, 0.5) is 26.0 Å². The number of hydrogen-bond acceptors (Lipinski definition) is 4. The highest BCUT2D eigenvalue weighted by atomic mass is 19.1. The van der Waals surface area contributed by atoms with E-state index in [1.54, 1.807) is 6.07 Å². The zero-order valence-electron chi connectivity index (χ0n) is 16.7. The second-order valence-electron chi connectivity index (χ2n) is 7.04. The summed E-state index contributed by atoms with van der Waals surface area (Å²) in [6, 6.07) is 13.0. The third kappa shape index (κ3) is 5.76. The van der Waals surface area contributed by atoms with Crippen molar-refractivity contribution in [2.24, 2.45) is 5.73 Å². The quantitative estimate of drug-likeness (QED) is 0.455. The SMILES string of the molecule is CCCCc1ccc(Nc2cc(NCc3cc(F)cc(F)c3)c(C(N)=O)cn2)cc1. The molecule has 4 N–H and O–H groups in total. The molecule has 0 radical (unpaired) electrons. The zero-order chi connectivity index (χ0) is 21.5. The highest BCUT2D eigenvalue weighted by Gasteiger charge is 2.11. The predicted molar refractivity (Wildman–Crippen MR) is 115 cm³/mol. The molecule has 0 atom stereocenters. The number of anilines is 3. The van der Waals surface area contributed by atoms with E-state index in [1.165, 1.54) is 23.9 Å². The van der Waals surface area contributed by atoms with Crippen molar-refractivity contribution in [1.82, 2.24) is 4.98 Å². The molecule has 156 valence electrons. The smallest absolute Gasteiger partial charge is 0.252 e. The monoisotopic (exact) mass is 410 g/mol. The highest BCUT2D eigenvalue weighted by Crippen LogP contribution is 2.23. The molecule has 0 spiro atoms. The van der Waals surface area contributed by atoms with Gasteiger partial charge in [0.05, 0.1) is 11.3 Å². The van der Waals surface area contributed by atoms with Crippen molar-refractivity contribution in [2.45, 2.75) is 32.7 Å². The van der Waals surface area contributed by atoms with E-state index >= 15 is 0 Å². The number of rotatable bonds is 9. The Morgan fingerprint density at radius 1 is 1.03 bits per heavy atom. The summed E-state index contributed by atoms with van der Waals surface area (Å²) in [4.78, 5) is 16.0. The van der Waals surface area contributed by atoms with Crippen LogP contribution < -0.4 is 16.4 Å². The molecule has 3 rings (SSSR count). The van der Waals surface area contributed by atoms with Crippen molar-refractivity contribution in [2.75, 3.05) is 10.6 Å². The van der Waals surface area contributed by atoms with Crippen molar-refractivity contribution in [3.8, 4) is 0 Å². The van der Waals surface area contributed by atoms with Crippen LogP contribution in [0.15, 0.2) is 54.7 Å². The number of unbranched alkanes of at least 4 members (excludes halogenated alkanes) is 1. The van der Waals surface area contributed by atoms with Crippen molar-refractivity contribution in [1.29, 1.82) is 0 Å². The van der Waals surface area contributed by atoms with Gasteiger partial charge in [-0.3, -0.25) is 4.79 Å². The Balaban J connectivity index is 1.76. The average molecular weight is 410 g/mol. The topological polar surface area (TPSA) is 80.0 Å². The maximum Gasteiger partial charge on any atom is 0.252 e. The van der Waals surface area contributed by atoms with E-state index in [2.05, 4.69) is 34.7 Å². The first-order valence-corrected chi connectivity index (χ1v) is 9.79. The van der Waals surface area contributed by atoms with E-state index in [1.807, 2.05) is 12.1 Å². The molecule has 3 aromatic rings. The van der Waals surface area contributed by atoms with Crippen LogP contribution >= 0.6 is 0 Å². The number of nitrogens with zero attached hydrogens (tertiary/aromatic N) is 1. The third-order valence-electron chi connectivity index (χ3n) is 4.62. The fourth-order valence-electron chi connectivity index (χ4n) is 3.06. The molecule has 1 aromatic heterocycles. The first kappa shape index (κ1) is 21.2. The molecule has 0 aliphatic carbocycles. The number of primary amides is 1. The number of amides is 1. The molecule has 0 fully saturated rings. The van der Waals surface area contributed by atoms with Crippen LogP contribution in [0.2, 0.25) is 0 Å². The fourth-order valence-corrected chi connectivity index (χ4v) is 3.06. The second-order valence-corrected chi connectivity index (χ2v) is 7.04. The van der Waals surface area contributed by atoms with E-state index in [4.69, 9.17) is 5.73 Å². The number of nitrogens with two attached hydrogens (primary N) is 1. The van der Waals surface area contributed by atoms with Crippen LogP contribution in [0.5, 0.6) is 0 Å². The molecule has 2 aromatic carbocycles. The summed E-state index contributed by atoms with van der Waals surface area (Å²) >= 11 is 0. The number of aromatic nitrogens is 1. The van der Waals surface area contributed by atoms with Gasteiger partial charge < -0.3 is 16.4 Å². The van der Waals surface area contributed by atoms with E-state index in [-0.39, 0.29) is 12.1 Å². The molecule has 0 aliphatic heterocycles. The number of carbonyl (C=O) groups is 1. The lowest BCUT2D eigenvalue weighted by atomic mass is 10.1. The summed E-state index contributed by atoms with van der Waals surface area (Å²) < 4.78 is 26.8. The maximum absolute atomic E-state index is 13.4. The summed E-state index contributed by atoms with van der Waals surface area (Å²) in [5.41, 5.74) is 8.56. The Bertz CT molecular complexity index is 1000. The van der Waals surface area contributed by atoms with Crippen LogP contribution in [0.25, 0.3) is 0 Å². The molecule has 0 aliphatic rings. The largest absolute Gasteiger partial charge is 0.380 e. The molecule has 0 saturated carbocycles. The number of carbonyl (C=O) groups excluding carboxylic acids is 1. The van der Waals surface area contributed by atoms with Crippen LogP contribution in [-0.4, -0.2) is 10.9 Å². The highest BCUT2D eigenvalue weighted by molar-refractivity contribution is 5.98. The Hall–Kier alpha value is -3.48. The van der Waals surface area contributed by atoms with Crippen LogP contribution in [0.3, 0.4) is 0 Å². The van der Waals surface area contributed by atoms with Gasteiger partial charge in [-0.05, 0) is 48.2 Å². The Morgan fingerprint density at radius 2 is 1.73 bits per heavy atom. The molecule has 1 heterocycles. The summed E-state index contributed by atoms with van der Waals surface area (Å²) in [6.07, 6.45) is 4.70. The lowest BCUT2D eigenvalue weighted by Gasteiger charge is -2.13. The zero-order valence-corrected chi connectivity index (χ0v) is 16.7. The van der Waals surface area contributed by atoms with E-state index < -0.39 is 17.5 Å². The van der Waals surface area contributed by atoms with Crippen molar-refractivity contribution < 1.29 is 13.6 Å². The minimum Gasteiger partial charge on any atom is -0.380 e. The number of benzene rings is 2. The van der Waals surface area contributed by atoms with Crippen molar-refractivity contribution in [3.05, 3.63) is 83.1 Å².